The van der Waals surface area contributed by atoms with Gasteiger partial charge >= 0.3 is 0 Å². The maximum atomic E-state index is 13.2. The summed E-state index contributed by atoms with van der Waals surface area (Å²) in [6.07, 6.45) is 3.43. The van der Waals surface area contributed by atoms with Crippen LogP contribution in [0.15, 0.2) is 48.8 Å². The lowest BCUT2D eigenvalue weighted by Gasteiger charge is -2.24. The molecule has 0 bridgehead atoms. The fourth-order valence-electron chi connectivity index (χ4n) is 3.17. The van der Waals surface area contributed by atoms with E-state index in [1.807, 2.05) is 35.2 Å². The lowest BCUT2D eigenvalue weighted by atomic mass is 10.1. The van der Waals surface area contributed by atoms with Crippen molar-refractivity contribution in [2.24, 2.45) is 5.92 Å². The molecule has 4 rings (SSSR count). The van der Waals surface area contributed by atoms with Crippen molar-refractivity contribution in [2.45, 2.75) is 20.4 Å². The number of benzene rings is 1. The maximum Gasteiger partial charge on any atom is 0.272 e. The summed E-state index contributed by atoms with van der Waals surface area (Å²) in [5, 5.41) is 0.917. The van der Waals surface area contributed by atoms with Gasteiger partial charge in [-0.15, -0.1) is 0 Å². The van der Waals surface area contributed by atoms with Crippen molar-refractivity contribution in [2.75, 3.05) is 13.3 Å². The second kappa shape index (κ2) is 7.23. The van der Waals surface area contributed by atoms with E-state index in [2.05, 4.69) is 23.8 Å². The summed E-state index contributed by atoms with van der Waals surface area (Å²) >= 11 is 0. The summed E-state index contributed by atoms with van der Waals surface area (Å²) in [6, 6.07) is 11.2. The second-order valence-corrected chi connectivity index (χ2v) is 7.03. The maximum absolute atomic E-state index is 13.2. The topological polar surface area (TPSA) is 64.6 Å². The van der Waals surface area contributed by atoms with Gasteiger partial charge in [0.25, 0.3) is 5.91 Å². The van der Waals surface area contributed by atoms with Crippen molar-refractivity contribution in [1.29, 1.82) is 0 Å². The summed E-state index contributed by atoms with van der Waals surface area (Å²) < 4.78 is 10.8. The van der Waals surface area contributed by atoms with Gasteiger partial charge in [0.05, 0.1) is 5.52 Å². The molecule has 3 aromatic rings. The van der Waals surface area contributed by atoms with Gasteiger partial charge in [-0.1, -0.05) is 19.9 Å². The van der Waals surface area contributed by atoms with E-state index in [4.69, 9.17) is 9.47 Å². The lowest BCUT2D eigenvalue weighted by Crippen LogP contribution is -2.34. The number of nitrogens with zero attached hydrogens (tertiary/aromatic N) is 3. The molecule has 0 saturated heterocycles. The van der Waals surface area contributed by atoms with Crippen LogP contribution in [0.25, 0.3) is 10.9 Å². The van der Waals surface area contributed by atoms with E-state index in [-0.39, 0.29) is 12.7 Å². The molecule has 1 amide bonds. The number of hydrogen-bond donors (Lipinski definition) is 0. The molecule has 1 aromatic carbocycles. The average Bonchev–Trinajstić information content (AvgIpc) is 3.14. The summed E-state index contributed by atoms with van der Waals surface area (Å²) in [6.45, 7) is 5.56. The summed E-state index contributed by atoms with van der Waals surface area (Å²) in [5.41, 5.74) is 2.21. The number of carbonyl (C=O) groups excluding carboxylic acids is 1. The van der Waals surface area contributed by atoms with Crippen molar-refractivity contribution >= 4 is 16.8 Å². The van der Waals surface area contributed by atoms with E-state index >= 15 is 0 Å². The van der Waals surface area contributed by atoms with Crippen molar-refractivity contribution in [3.63, 3.8) is 0 Å². The molecule has 0 atom stereocenters. The minimum Gasteiger partial charge on any atom is -0.454 e. The van der Waals surface area contributed by atoms with Gasteiger partial charge in [0.1, 0.15) is 5.69 Å². The van der Waals surface area contributed by atoms with Crippen LogP contribution in [0.2, 0.25) is 0 Å². The van der Waals surface area contributed by atoms with Crippen LogP contribution in [-0.2, 0) is 6.54 Å². The summed E-state index contributed by atoms with van der Waals surface area (Å²) in [4.78, 5) is 23.6. The highest BCUT2D eigenvalue weighted by atomic mass is 16.7. The number of fused-ring (bicyclic) bond motifs is 2. The van der Waals surface area contributed by atoms with Crippen LogP contribution in [0.1, 0.15) is 29.9 Å². The molecule has 138 valence electrons. The van der Waals surface area contributed by atoms with E-state index in [0.717, 1.165) is 28.0 Å². The first-order valence-electron chi connectivity index (χ1n) is 8.99. The zero-order chi connectivity index (χ0) is 18.8. The molecule has 0 unspecified atom stereocenters. The molecule has 0 radical (unpaired) electrons. The van der Waals surface area contributed by atoms with Gasteiger partial charge in [-0.05, 0) is 41.8 Å². The Kier molecular flexibility index (Phi) is 4.62. The third-order valence-electron chi connectivity index (χ3n) is 4.39. The fourth-order valence-corrected chi connectivity index (χ4v) is 3.17. The predicted molar refractivity (Wildman–Crippen MR) is 102 cm³/mol. The molecule has 1 aliphatic rings. The fraction of sp³-hybridized carbons (Fsp3) is 0.286. The Balaban J connectivity index is 1.61. The first kappa shape index (κ1) is 17.3. The molecular formula is C21H21N3O3. The Labute approximate surface area is 157 Å². The molecule has 6 heteroatoms. The Morgan fingerprint density at radius 3 is 2.85 bits per heavy atom. The molecule has 3 heterocycles. The highest BCUT2D eigenvalue weighted by molar-refractivity contribution is 5.94. The highest BCUT2D eigenvalue weighted by Crippen LogP contribution is 2.33. The minimum absolute atomic E-state index is 0.0833. The standard InChI is InChI=1S/C21H21N3O3/c1-14(2)11-24(12-15-3-6-19-20(9-15)27-13-26-19)21(25)18-5-4-16-10-22-8-7-17(16)23-18/h3-10,14H,11-13H2,1-2H3. The van der Waals surface area contributed by atoms with Gasteiger partial charge in [-0.2, -0.15) is 0 Å². The molecule has 6 nitrogen and oxygen atoms in total. The molecular weight excluding hydrogens is 342 g/mol. The smallest absolute Gasteiger partial charge is 0.272 e. The van der Waals surface area contributed by atoms with Gasteiger partial charge in [-0.25, -0.2) is 4.98 Å². The van der Waals surface area contributed by atoms with Crippen molar-refractivity contribution in [3.05, 3.63) is 60.0 Å². The largest absolute Gasteiger partial charge is 0.454 e. The minimum atomic E-state index is -0.0833. The molecule has 0 fully saturated rings. The van der Waals surface area contributed by atoms with E-state index < -0.39 is 0 Å². The molecule has 0 aliphatic carbocycles. The van der Waals surface area contributed by atoms with Crippen LogP contribution >= 0.6 is 0 Å². The monoisotopic (exact) mass is 363 g/mol. The van der Waals surface area contributed by atoms with E-state index in [1.54, 1.807) is 18.5 Å². The van der Waals surface area contributed by atoms with Crippen LogP contribution in [-0.4, -0.2) is 34.1 Å². The Morgan fingerprint density at radius 1 is 1.15 bits per heavy atom. The van der Waals surface area contributed by atoms with Crippen LogP contribution in [0, 0.1) is 5.92 Å². The third kappa shape index (κ3) is 3.69. The normalized spacial score (nSPS) is 12.6. The number of carbonyl (C=O) groups is 1. The van der Waals surface area contributed by atoms with Crippen LogP contribution in [0.3, 0.4) is 0 Å². The van der Waals surface area contributed by atoms with Crippen LogP contribution in [0.5, 0.6) is 11.5 Å². The average molecular weight is 363 g/mol. The van der Waals surface area contributed by atoms with Crippen molar-refractivity contribution in [1.82, 2.24) is 14.9 Å². The van der Waals surface area contributed by atoms with Gasteiger partial charge in [0.2, 0.25) is 6.79 Å². The number of rotatable bonds is 5. The molecule has 27 heavy (non-hydrogen) atoms. The van der Waals surface area contributed by atoms with Gasteiger partial charge < -0.3 is 14.4 Å². The zero-order valence-corrected chi connectivity index (χ0v) is 15.4. The van der Waals surface area contributed by atoms with Gasteiger partial charge in [0, 0.05) is 30.9 Å². The van der Waals surface area contributed by atoms with E-state index in [1.165, 1.54) is 0 Å². The lowest BCUT2D eigenvalue weighted by molar-refractivity contribution is 0.0717. The van der Waals surface area contributed by atoms with Gasteiger partial charge in [0.15, 0.2) is 11.5 Å². The number of aromatic nitrogens is 2. The third-order valence-corrected chi connectivity index (χ3v) is 4.39. The highest BCUT2D eigenvalue weighted by Gasteiger charge is 2.21. The Morgan fingerprint density at radius 2 is 2.00 bits per heavy atom. The summed E-state index contributed by atoms with van der Waals surface area (Å²) in [7, 11) is 0. The number of ether oxygens (including phenoxy) is 2. The Hall–Kier alpha value is -3.15. The van der Waals surface area contributed by atoms with Crippen molar-refractivity contribution in [3.8, 4) is 11.5 Å². The first-order chi connectivity index (χ1) is 13.1. The van der Waals surface area contributed by atoms with Crippen molar-refractivity contribution < 1.29 is 14.3 Å². The predicted octanol–water partition coefficient (Wildman–Crippen LogP) is 3.66. The molecule has 2 aromatic heterocycles. The SMILES string of the molecule is CC(C)CN(Cc1ccc2c(c1)OCO2)C(=O)c1ccc2cnccc2n1. The van der Waals surface area contributed by atoms with E-state index in [9.17, 15) is 4.79 Å². The Bertz CT molecular complexity index is 987. The second-order valence-electron chi connectivity index (χ2n) is 7.03. The molecule has 0 spiro atoms. The van der Waals surface area contributed by atoms with Crippen LogP contribution in [0.4, 0.5) is 0 Å². The number of hydrogen-bond acceptors (Lipinski definition) is 5. The number of pyridine rings is 2. The van der Waals surface area contributed by atoms with Gasteiger partial charge in [-0.3, -0.25) is 9.78 Å². The molecule has 0 saturated carbocycles. The van der Waals surface area contributed by atoms with E-state index in [0.29, 0.717) is 24.7 Å². The molecule has 0 N–H and O–H groups in total. The number of amides is 1. The molecule has 1 aliphatic heterocycles. The zero-order valence-electron chi connectivity index (χ0n) is 15.4. The quantitative estimate of drug-likeness (QED) is 0.692. The van der Waals surface area contributed by atoms with Crippen LogP contribution < -0.4 is 9.47 Å². The first-order valence-corrected chi connectivity index (χ1v) is 8.99. The summed E-state index contributed by atoms with van der Waals surface area (Å²) in [5.74, 6) is 1.72.